The Bertz CT molecular complexity index is 488. The molecule has 0 rings (SSSR count). The molecule has 3 atom stereocenters. The second kappa shape index (κ2) is 13.8. The third-order valence-electron chi connectivity index (χ3n) is 5.20. The zero-order valence-electron chi connectivity index (χ0n) is 17.8. The molecule has 3 heteroatoms. The molecule has 0 aliphatic carbocycles. The summed E-state index contributed by atoms with van der Waals surface area (Å²) in [5, 5.41) is 9.46. The van der Waals surface area contributed by atoms with Gasteiger partial charge in [0, 0.05) is 18.1 Å². The van der Waals surface area contributed by atoms with Crippen molar-refractivity contribution in [1.29, 1.82) is 0 Å². The molecule has 0 aliphatic rings. The Morgan fingerprint density at radius 1 is 1.12 bits per heavy atom. The molecule has 0 radical (unpaired) electrons. The van der Waals surface area contributed by atoms with Gasteiger partial charge in [0.1, 0.15) is 0 Å². The van der Waals surface area contributed by atoms with Crippen LogP contribution >= 0.6 is 0 Å². The summed E-state index contributed by atoms with van der Waals surface area (Å²) < 4.78 is 5.14. The average Bonchev–Trinajstić information content (AvgIpc) is 2.63. The van der Waals surface area contributed by atoms with Crippen LogP contribution < -0.4 is 0 Å². The van der Waals surface area contributed by atoms with Gasteiger partial charge in [0.2, 0.25) is 0 Å². The molecular formula is C23H40O3. The summed E-state index contributed by atoms with van der Waals surface area (Å²) in [5.74, 6) is 0.999. The highest BCUT2D eigenvalue weighted by Crippen LogP contribution is 2.21. The van der Waals surface area contributed by atoms with Gasteiger partial charge in [-0.1, -0.05) is 63.5 Å². The lowest BCUT2D eigenvalue weighted by molar-refractivity contribution is -0.140. The van der Waals surface area contributed by atoms with Crippen LogP contribution in [0.5, 0.6) is 0 Å². The minimum atomic E-state index is -0.388. The Hall–Kier alpha value is -1.35. The lowest BCUT2D eigenvalue weighted by Crippen LogP contribution is -2.17. The number of ether oxygens (including phenoxy) is 1. The topological polar surface area (TPSA) is 46.5 Å². The molecule has 3 nitrogen and oxygen atoms in total. The van der Waals surface area contributed by atoms with Gasteiger partial charge < -0.3 is 9.84 Å². The van der Waals surface area contributed by atoms with Crippen LogP contribution in [0, 0.1) is 17.8 Å². The van der Waals surface area contributed by atoms with Gasteiger partial charge in [-0.3, -0.25) is 0 Å². The normalized spacial score (nSPS) is 16.1. The molecule has 0 heterocycles. The maximum atomic E-state index is 11.4. The fourth-order valence-electron chi connectivity index (χ4n) is 2.46. The second-order valence-corrected chi connectivity index (χ2v) is 7.88. The highest BCUT2D eigenvalue weighted by atomic mass is 16.5. The maximum absolute atomic E-state index is 11.4. The van der Waals surface area contributed by atoms with Crippen molar-refractivity contribution in [2.75, 3.05) is 13.2 Å². The van der Waals surface area contributed by atoms with E-state index in [4.69, 9.17) is 4.74 Å². The molecule has 0 aromatic heterocycles. The number of hydrogen-bond acceptors (Lipinski definition) is 3. The first-order valence-corrected chi connectivity index (χ1v) is 9.98. The largest absolute Gasteiger partial charge is 0.462 e. The maximum Gasteiger partial charge on any atom is 0.333 e. The molecule has 0 aromatic rings. The lowest BCUT2D eigenvalue weighted by atomic mass is 9.91. The quantitative estimate of drug-likeness (QED) is 0.253. The van der Waals surface area contributed by atoms with Crippen LogP contribution in [0.2, 0.25) is 0 Å². The van der Waals surface area contributed by atoms with E-state index in [1.807, 2.05) is 0 Å². The van der Waals surface area contributed by atoms with E-state index in [0.29, 0.717) is 11.5 Å². The van der Waals surface area contributed by atoms with Crippen LogP contribution in [0.25, 0.3) is 0 Å². The number of hydrogen-bond donors (Lipinski definition) is 1. The zero-order chi connectivity index (χ0) is 20.1. The van der Waals surface area contributed by atoms with E-state index in [-0.39, 0.29) is 25.1 Å². The summed E-state index contributed by atoms with van der Waals surface area (Å²) >= 11 is 0. The van der Waals surface area contributed by atoms with E-state index in [1.165, 1.54) is 30.4 Å². The standard InChI is InChI=1S/C23H40O3/c1-8-18(4)9-12-20(6)21(7)13-10-19(5)11-14-22(15-24)16-26-23(25)17(2)3/h10,13,18,20,22,24H,2,8-9,11-12,14-16H2,1,3-7H3/b19-10+,21-13+. The van der Waals surface area contributed by atoms with Crippen LogP contribution in [-0.4, -0.2) is 24.3 Å². The first kappa shape index (κ1) is 24.7. The molecular weight excluding hydrogens is 324 g/mol. The van der Waals surface area contributed by atoms with Crippen molar-refractivity contribution in [3.8, 4) is 0 Å². The van der Waals surface area contributed by atoms with Gasteiger partial charge in [0.15, 0.2) is 0 Å². The van der Waals surface area contributed by atoms with Gasteiger partial charge >= 0.3 is 5.97 Å². The Morgan fingerprint density at radius 3 is 2.31 bits per heavy atom. The molecule has 0 fully saturated rings. The number of rotatable bonds is 13. The molecule has 0 saturated carbocycles. The minimum absolute atomic E-state index is 0.0261. The predicted molar refractivity (Wildman–Crippen MR) is 111 cm³/mol. The highest BCUT2D eigenvalue weighted by Gasteiger charge is 2.12. The fraction of sp³-hybridized carbons (Fsp3) is 0.696. The van der Waals surface area contributed by atoms with E-state index >= 15 is 0 Å². The smallest absolute Gasteiger partial charge is 0.333 e. The number of aliphatic hydroxyl groups is 1. The molecule has 0 bridgehead atoms. The van der Waals surface area contributed by atoms with Gasteiger partial charge in [-0.25, -0.2) is 4.79 Å². The Labute approximate surface area is 161 Å². The van der Waals surface area contributed by atoms with E-state index in [1.54, 1.807) is 6.92 Å². The summed E-state index contributed by atoms with van der Waals surface area (Å²) in [4.78, 5) is 11.4. The van der Waals surface area contributed by atoms with Gasteiger partial charge in [0.25, 0.3) is 0 Å². The van der Waals surface area contributed by atoms with E-state index < -0.39 is 0 Å². The monoisotopic (exact) mass is 364 g/mol. The number of aliphatic hydroxyl groups excluding tert-OH is 1. The molecule has 0 spiro atoms. The van der Waals surface area contributed by atoms with Crippen molar-refractivity contribution in [2.45, 2.75) is 73.6 Å². The molecule has 3 unspecified atom stereocenters. The average molecular weight is 365 g/mol. The fourth-order valence-corrected chi connectivity index (χ4v) is 2.46. The van der Waals surface area contributed by atoms with Gasteiger partial charge in [-0.15, -0.1) is 0 Å². The van der Waals surface area contributed by atoms with Crippen molar-refractivity contribution < 1.29 is 14.6 Å². The van der Waals surface area contributed by atoms with E-state index in [2.05, 4.69) is 53.3 Å². The zero-order valence-corrected chi connectivity index (χ0v) is 17.8. The molecule has 0 saturated heterocycles. The molecule has 0 aliphatic heterocycles. The van der Waals surface area contributed by atoms with Crippen LogP contribution in [0.4, 0.5) is 0 Å². The van der Waals surface area contributed by atoms with E-state index in [9.17, 15) is 9.90 Å². The van der Waals surface area contributed by atoms with Crippen LogP contribution in [0.1, 0.15) is 73.6 Å². The SMILES string of the molecule is C=C(C)C(=O)OCC(CO)CC/C(C)=C/C=C(\C)C(C)CCC(C)CC. The molecule has 150 valence electrons. The first-order valence-electron chi connectivity index (χ1n) is 9.98. The molecule has 1 N–H and O–H groups in total. The Morgan fingerprint density at radius 2 is 1.77 bits per heavy atom. The molecule has 26 heavy (non-hydrogen) atoms. The third kappa shape index (κ3) is 11.3. The predicted octanol–water partition coefficient (Wildman–Crippen LogP) is 5.85. The number of allylic oxidation sites excluding steroid dienone is 4. The van der Waals surface area contributed by atoms with Crippen molar-refractivity contribution in [3.05, 3.63) is 35.5 Å². The second-order valence-electron chi connectivity index (χ2n) is 7.88. The number of carbonyl (C=O) groups excluding carboxylic acids is 1. The lowest BCUT2D eigenvalue weighted by Gasteiger charge is -2.15. The minimum Gasteiger partial charge on any atom is -0.462 e. The van der Waals surface area contributed by atoms with Gasteiger partial charge in [-0.05, 0) is 51.9 Å². The number of esters is 1. The van der Waals surface area contributed by atoms with Gasteiger partial charge in [-0.2, -0.15) is 0 Å². The van der Waals surface area contributed by atoms with E-state index in [0.717, 1.165) is 18.8 Å². The van der Waals surface area contributed by atoms with Crippen LogP contribution in [-0.2, 0) is 9.53 Å². The first-order chi connectivity index (χ1) is 12.2. The highest BCUT2D eigenvalue weighted by molar-refractivity contribution is 5.86. The third-order valence-corrected chi connectivity index (χ3v) is 5.20. The van der Waals surface area contributed by atoms with Gasteiger partial charge in [0.05, 0.1) is 6.61 Å². The van der Waals surface area contributed by atoms with Crippen molar-refractivity contribution in [3.63, 3.8) is 0 Å². The summed E-state index contributed by atoms with van der Waals surface area (Å²) in [6.07, 6.45) is 9.88. The van der Waals surface area contributed by atoms with Crippen molar-refractivity contribution >= 4 is 5.97 Å². The van der Waals surface area contributed by atoms with Crippen molar-refractivity contribution in [1.82, 2.24) is 0 Å². The summed E-state index contributed by atoms with van der Waals surface area (Å²) in [5.41, 5.74) is 3.09. The summed E-state index contributed by atoms with van der Waals surface area (Å²) in [6.45, 7) is 16.7. The summed E-state index contributed by atoms with van der Waals surface area (Å²) in [7, 11) is 0. The molecule has 0 aromatic carbocycles. The Kier molecular flexibility index (Phi) is 13.1. The number of carbonyl (C=O) groups is 1. The van der Waals surface area contributed by atoms with Crippen molar-refractivity contribution in [2.24, 2.45) is 17.8 Å². The molecule has 0 amide bonds. The van der Waals surface area contributed by atoms with Crippen LogP contribution in [0.15, 0.2) is 35.5 Å². The Balaban J connectivity index is 4.39. The van der Waals surface area contributed by atoms with Crippen LogP contribution in [0.3, 0.4) is 0 Å². The summed E-state index contributed by atoms with van der Waals surface area (Å²) in [6, 6.07) is 0.